The lowest BCUT2D eigenvalue weighted by atomic mass is 10.1. The second-order valence-corrected chi connectivity index (χ2v) is 4.91. The second-order valence-electron chi connectivity index (χ2n) is 4.91. The van der Waals surface area contributed by atoms with E-state index in [2.05, 4.69) is 10.6 Å². The summed E-state index contributed by atoms with van der Waals surface area (Å²) >= 11 is 0. The number of carbonyl (C=O) groups is 1. The minimum atomic E-state index is -0.405. The van der Waals surface area contributed by atoms with Crippen LogP contribution >= 0.6 is 0 Å². The first-order valence-corrected chi connectivity index (χ1v) is 8.10. The number of rotatable bonds is 11. The quantitative estimate of drug-likeness (QED) is 0.367. The Hall–Kier alpha value is -2.36. The number of nitrogens with one attached hydrogen (secondary N) is 2. The van der Waals surface area contributed by atoms with Gasteiger partial charge in [0.25, 0.3) is 5.91 Å². The third-order valence-corrected chi connectivity index (χ3v) is 3.14. The zero-order chi connectivity index (χ0) is 17.6. The van der Waals surface area contributed by atoms with Gasteiger partial charge in [-0.3, -0.25) is 4.79 Å². The Morgan fingerprint density at radius 1 is 1.25 bits per heavy atom. The van der Waals surface area contributed by atoms with Gasteiger partial charge in [-0.2, -0.15) is 5.26 Å². The van der Waals surface area contributed by atoms with E-state index in [1.165, 1.54) is 6.20 Å². The first kappa shape index (κ1) is 19.7. The van der Waals surface area contributed by atoms with Gasteiger partial charge in [-0.15, -0.1) is 0 Å². The maximum atomic E-state index is 12.0. The SMILES string of the molecule is CCOC(CN/C=C(/C#N)C(=O)NCCc1ccccc1)OCC. The molecule has 1 rings (SSSR count). The summed E-state index contributed by atoms with van der Waals surface area (Å²) in [6.45, 7) is 5.65. The normalized spacial score (nSPS) is 11.2. The molecule has 1 amide bonds. The molecule has 0 aliphatic rings. The number of nitriles is 1. The molecular formula is C18H25N3O3. The molecule has 0 bridgehead atoms. The van der Waals surface area contributed by atoms with Crippen molar-refractivity contribution in [1.29, 1.82) is 5.26 Å². The number of nitrogens with zero attached hydrogens (tertiary/aromatic N) is 1. The molecule has 24 heavy (non-hydrogen) atoms. The first-order chi connectivity index (χ1) is 11.7. The van der Waals surface area contributed by atoms with E-state index in [1.54, 1.807) is 0 Å². The molecule has 0 aromatic heterocycles. The summed E-state index contributed by atoms with van der Waals surface area (Å²) in [6.07, 6.45) is 1.70. The van der Waals surface area contributed by atoms with Gasteiger partial charge in [-0.05, 0) is 25.8 Å². The fraction of sp³-hybridized carbons (Fsp3) is 0.444. The van der Waals surface area contributed by atoms with E-state index in [9.17, 15) is 4.79 Å². The van der Waals surface area contributed by atoms with Crippen molar-refractivity contribution in [1.82, 2.24) is 10.6 Å². The molecule has 0 fully saturated rings. The van der Waals surface area contributed by atoms with Crippen LogP contribution in [0.3, 0.4) is 0 Å². The summed E-state index contributed by atoms with van der Waals surface area (Å²) in [5.41, 5.74) is 1.16. The molecule has 0 aliphatic carbocycles. The van der Waals surface area contributed by atoms with Gasteiger partial charge in [0, 0.05) is 26.0 Å². The maximum absolute atomic E-state index is 12.0. The average Bonchev–Trinajstić information content (AvgIpc) is 2.60. The summed E-state index contributed by atoms with van der Waals surface area (Å²) in [5, 5.41) is 14.7. The highest BCUT2D eigenvalue weighted by Crippen LogP contribution is 1.99. The van der Waals surface area contributed by atoms with Crippen LogP contribution in [0.15, 0.2) is 42.1 Å². The predicted octanol–water partition coefficient (Wildman–Crippen LogP) is 1.74. The fourth-order valence-corrected chi connectivity index (χ4v) is 2.00. The van der Waals surface area contributed by atoms with Crippen LogP contribution in [0.4, 0.5) is 0 Å². The fourth-order valence-electron chi connectivity index (χ4n) is 2.00. The number of benzene rings is 1. The summed E-state index contributed by atoms with van der Waals surface area (Å²) in [6, 6.07) is 11.7. The molecule has 0 atom stereocenters. The standard InChI is InChI=1S/C18H25N3O3/c1-3-23-17(24-4-2)14-20-13-16(12-19)18(22)21-11-10-15-8-6-5-7-9-15/h5-9,13,17,20H,3-4,10-11,14H2,1-2H3,(H,21,22)/b16-13-. The minimum absolute atomic E-state index is 0.0230. The van der Waals surface area contributed by atoms with Crippen molar-refractivity contribution < 1.29 is 14.3 Å². The van der Waals surface area contributed by atoms with Crippen molar-refractivity contribution in [2.24, 2.45) is 0 Å². The van der Waals surface area contributed by atoms with E-state index in [0.717, 1.165) is 12.0 Å². The highest BCUT2D eigenvalue weighted by Gasteiger charge is 2.10. The van der Waals surface area contributed by atoms with Crippen molar-refractivity contribution in [2.75, 3.05) is 26.3 Å². The van der Waals surface area contributed by atoms with E-state index in [0.29, 0.717) is 26.3 Å². The molecule has 0 heterocycles. The predicted molar refractivity (Wildman–Crippen MR) is 91.9 cm³/mol. The van der Waals surface area contributed by atoms with Gasteiger partial charge in [0.1, 0.15) is 11.6 Å². The van der Waals surface area contributed by atoms with E-state index in [4.69, 9.17) is 14.7 Å². The molecule has 1 aromatic rings. The zero-order valence-electron chi connectivity index (χ0n) is 14.2. The van der Waals surface area contributed by atoms with E-state index < -0.39 is 12.2 Å². The third kappa shape index (κ3) is 7.77. The number of carbonyl (C=O) groups excluding carboxylic acids is 1. The van der Waals surface area contributed by atoms with Crippen LogP contribution in [-0.4, -0.2) is 38.5 Å². The Labute approximate surface area is 143 Å². The van der Waals surface area contributed by atoms with Gasteiger partial charge in [0.05, 0.1) is 6.54 Å². The third-order valence-electron chi connectivity index (χ3n) is 3.14. The van der Waals surface area contributed by atoms with Gasteiger partial charge in [0.15, 0.2) is 6.29 Å². The minimum Gasteiger partial charge on any atom is -0.385 e. The molecule has 1 aromatic carbocycles. The lowest BCUT2D eigenvalue weighted by Gasteiger charge is -2.16. The van der Waals surface area contributed by atoms with Crippen molar-refractivity contribution >= 4 is 5.91 Å². The lowest BCUT2D eigenvalue weighted by Crippen LogP contribution is -2.31. The topological polar surface area (TPSA) is 83.4 Å². The van der Waals surface area contributed by atoms with Crippen molar-refractivity contribution in [3.05, 3.63) is 47.7 Å². The largest absolute Gasteiger partial charge is 0.385 e. The molecule has 0 saturated heterocycles. The Balaban J connectivity index is 2.40. The highest BCUT2D eigenvalue weighted by atomic mass is 16.7. The van der Waals surface area contributed by atoms with Gasteiger partial charge >= 0.3 is 0 Å². The molecule has 6 nitrogen and oxygen atoms in total. The van der Waals surface area contributed by atoms with Crippen LogP contribution in [-0.2, 0) is 20.7 Å². The Kier molecular flexibility index (Phi) is 9.93. The van der Waals surface area contributed by atoms with Crippen molar-refractivity contribution in [3.63, 3.8) is 0 Å². The van der Waals surface area contributed by atoms with Gasteiger partial charge in [-0.1, -0.05) is 30.3 Å². The summed E-state index contributed by atoms with van der Waals surface area (Å²) in [5.74, 6) is -0.398. The summed E-state index contributed by atoms with van der Waals surface area (Å²) in [7, 11) is 0. The van der Waals surface area contributed by atoms with E-state index in [-0.39, 0.29) is 5.57 Å². The van der Waals surface area contributed by atoms with Crippen LogP contribution in [0.1, 0.15) is 19.4 Å². The zero-order valence-corrected chi connectivity index (χ0v) is 14.2. The number of ether oxygens (including phenoxy) is 2. The first-order valence-electron chi connectivity index (χ1n) is 8.10. The van der Waals surface area contributed by atoms with Crippen molar-refractivity contribution in [3.8, 4) is 6.07 Å². The highest BCUT2D eigenvalue weighted by molar-refractivity contribution is 5.97. The van der Waals surface area contributed by atoms with Crippen LogP contribution in [0.5, 0.6) is 0 Å². The van der Waals surface area contributed by atoms with Crippen LogP contribution in [0.2, 0.25) is 0 Å². The van der Waals surface area contributed by atoms with E-state index in [1.807, 2.05) is 50.2 Å². The number of hydrogen-bond donors (Lipinski definition) is 2. The van der Waals surface area contributed by atoms with Crippen LogP contribution < -0.4 is 10.6 Å². The average molecular weight is 331 g/mol. The Bertz CT molecular complexity index is 546. The molecule has 130 valence electrons. The number of amides is 1. The maximum Gasteiger partial charge on any atom is 0.263 e. The molecule has 0 aliphatic heterocycles. The van der Waals surface area contributed by atoms with Gasteiger partial charge < -0.3 is 20.1 Å². The lowest BCUT2D eigenvalue weighted by molar-refractivity contribution is -0.131. The molecule has 0 saturated carbocycles. The summed E-state index contributed by atoms with van der Waals surface area (Å²) in [4.78, 5) is 12.0. The molecule has 2 N–H and O–H groups in total. The molecule has 0 radical (unpaired) electrons. The van der Waals surface area contributed by atoms with Crippen LogP contribution in [0, 0.1) is 11.3 Å². The van der Waals surface area contributed by atoms with Gasteiger partial charge in [0.2, 0.25) is 0 Å². The number of hydrogen-bond acceptors (Lipinski definition) is 5. The van der Waals surface area contributed by atoms with E-state index >= 15 is 0 Å². The molecule has 0 unspecified atom stereocenters. The van der Waals surface area contributed by atoms with Crippen LogP contribution in [0.25, 0.3) is 0 Å². The molecular weight excluding hydrogens is 306 g/mol. The molecule has 0 spiro atoms. The Morgan fingerprint density at radius 2 is 1.92 bits per heavy atom. The summed E-state index contributed by atoms with van der Waals surface area (Å²) < 4.78 is 10.7. The monoisotopic (exact) mass is 331 g/mol. The van der Waals surface area contributed by atoms with Gasteiger partial charge in [-0.25, -0.2) is 0 Å². The smallest absolute Gasteiger partial charge is 0.263 e. The Morgan fingerprint density at radius 3 is 2.50 bits per heavy atom. The second kappa shape index (κ2) is 12.1. The van der Waals surface area contributed by atoms with Crippen molar-refractivity contribution in [2.45, 2.75) is 26.6 Å². The molecule has 6 heteroatoms.